The van der Waals surface area contributed by atoms with Gasteiger partial charge in [0.2, 0.25) is 5.88 Å². The van der Waals surface area contributed by atoms with Crippen molar-refractivity contribution in [3.05, 3.63) is 18.2 Å². The third-order valence-corrected chi connectivity index (χ3v) is 3.83. The van der Waals surface area contributed by atoms with Crippen molar-refractivity contribution in [2.24, 2.45) is 0 Å². The Hall–Kier alpha value is -1.33. The molecule has 3 heterocycles. The van der Waals surface area contributed by atoms with Crippen LogP contribution in [0.5, 0.6) is 5.88 Å². The fraction of sp³-hybridized carbons (Fsp3) is 0.615. The predicted molar refractivity (Wildman–Crippen MR) is 71.2 cm³/mol. The van der Waals surface area contributed by atoms with Gasteiger partial charge in [0.1, 0.15) is 5.82 Å². The number of aromatic nitrogens is 1. The van der Waals surface area contributed by atoms with E-state index in [-0.39, 0.29) is 0 Å². The van der Waals surface area contributed by atoms with Crippen LogP contribution in [0.4, 0.5) is 5.82 Å². The molecule has 0 radical (unpaired) electrons. The largest absolute Gasteiger partial charge is 0.481 e. The summed E-state index contributed by atoms with van der Waals surface area (Å²) in [6, 6.07) is 6.71. The van der Waals surface area contributed by atoms with Crippen molar-refractivity contribution in [1.82, 2.24) is 15.2 Å². The van der Waals surface area contributed by atoms with Gasteiger partial charge in [-0.15, -0.1) is 0 Å². The third kappa shape index (κ3) is 2.28. The maximum Gasteiger partial charge on any atom is 0.214 e. The second-order valence-corrected chi connectivity index (χ2v) is 4.87. The van der Waals surface area contributed by atoms with Gasteiger partial charge in [-0.1, -0.05) is 6.07 Å². The number of rotatable bonds is 3. The van der Waals surface area contributed by atoms with E-state index in [1.807, 2.05) is 12.1 Å². The van der Waals surface area contributed by atoms with E-state index >= 15 is 0 Å². The van der Waals surface area contributed by atoms with E-state index in [4.69, 9.17) is 4.74 Å². The maximum atomic E-state index is 5.18. The van der Waals surface area contributed by atoms with Crippen LogP contribution in [0.2, 0.25) is 0 Å². The first-order chi connectivity index (χ1) is 8.86. The van der Waals surface area contributed by atoms with Crippen LogP contribution >= 0.6 is 0 Å². The molecule has 1 N–H and O–H groups in total. The van der Waals surface area contributed by atoms with Crippen LogP contribution in [-0.2, 0) is 0 Å². The molecule has 0 unspecified atom stereocenters. The van der Waals surface area contributed by atoms with Crippen LogP contribution in [0, 0.1) is 0 Å². The molecular weight excluding hydrogens is 228 g/mol. The summed E-state index contributed by atoms with van der Waals surface area (Å²) in [5.41, 5.74) is 0. The van der Waals surface area contributed by atoms with E-state index in [0.29, 0.717) is 5.88 Å². The number of nitrogens with zero attached hydrogens (tertiary/aromatic N) is 3. The SMILES string of the molecule is COc1cccc(N2CCN(C3CNC3)CC2)n1. The van der Waals surface area contributed by atoms with E-state index in [1.165, 1.54) is 0 Å². The van der Waals surface area contributed by atoms with Crippen LogP contribution in [0.15, 0.2) is 18.2 Å². The maximum absolute atomic E-state index is 5.18. The minimum atomic E-state index is 0.693. The van der Waals surface area contributed by atoms with E-state index < -0.39 is 0 Å². The van der Waals surface area contributed by atoms with Crippen molar-refractivity contribution < 1.29 is 4.74 Å². The highest BCUT2D eigenvalue weighted by atomic mass is 16.5. The van der Waals surface area contributed by atoms with Gasteiger partial charge in [-0.2, -0.15) is 4.98 Å². The molecule has 0 spiro atoms. The molecule has 0 saturated carbocycles. The van der Waals surface area contributed by atoms with Crippen molar-refractivity contribution in [3.8, 4) is 5.88 Å². The quantitative estimate of drug-likeness (QED) is 0.826. The molecule has 0 aliphatic carbocycles. The number of hydrogen-bond donors (Lipinski definition) is 1. The summed E-state index contributed by atoms with van der Waals surface area (Å²) in [7, 11) is 1.66. The van der Waals surface area contributed by atoms with Gasteiger partial charge in [0, 0.05) is 51.4 Å². The van der Waals surface area contributed by atoms with Crippen molar-refractivity contribution in [1.29, 1.82) is 0 Å². The first kappa shape index (κ1) is 11.7. The van der Waals surface area contributed by atoms with Crippen LogP contribution in [0.3, 0.4) is 0 Å². The molecular formula is C13H20N4O. The molecule has 2 aliphatic heterocycles. The Balaban J connectivity index is 1.60. The van der Waals surface area contributed by atoms with Gasteiger partial charge < -0.3 is 15.0 Å². The van der Waals surface area contributed by atoms with Gasteiger partial charge in [-0.25, -0.2) is 0 Å². The first-order valence-electron chi connectivity index (χ1n) is 6.57. The number of pyridine rings is 1. The zero-order chi connectivity index (χ0) is 12.4. The summed E-state index contributed by atoms with van der Waals surface area (Å²) in [5.74, 6) is 1.72. The molecule has 18 heavy (non-hydrogen) atoms. The van der Waals surface area contributed by atoms with E-state index in [9.17, 15) is 0 Å². The molecule has 2 saturated heterocycles. The van der Waals surface area contributed by atoms with Crippen molar-refractivity contribution in [2.75, 3.05) is 51.3 Å². The van der Waals surface area contributed by atoms with Crippen LogP contribution in [-0.4, -0.2) is 62.3 Å². The fourth-order valence-corrected chi connectivity index (χ4v) is 2.54. The van der Waals surface area contributed by atoms with Crippen molar-refractivity contribution in [2.45, 2.75) is 6.04 Å². The van der Waals surface area contributed by atoms with Gasteiger partial charge in [-0.05, 0) is 6.07 Å². The monoisotopic (exact) mass is 248 g/mol. The Morgan fingerprint density at radius 2 is 2.00 bits per heavy atom. The van der Waals surface area contributed by atoms with E-state index in [1.54, 1.807) is 7.11 Å². The van der Waals surface area contributed by atoms with Gasteiger partial charge >= 0.3 is 0 Å². The number of anilines is 1. The average molecular weight is 248 g/mol. The second-order valence-electron chi connectivity index (χ2n) is 4.87. The smallest absolute Gasteiger partial charge is 0.214 e. The molecule has 0 bridgehead atoms. The Labute approximate surface area is 108 Å². The summed E-state index contributed by atoms with van der Waals surface area (Å²) in [6.07, 6.45) is 0. The molecule has 2 aliphatic rings. The lowest BCUT2D eigenvalue weighted by atomic mass is 10.1. The summed E-state index contributed by atoms with van der Waals surface area (Å²) < 4.78 is 5.18. The van der Waals surface area contributed by atoms with Crippen molar-refractivity contribution in [3.63, 3.8) is 0 Å². The summed E-state index contributed by atoms with van der Waals surface area (Å²) in [5, 5.41) is 3.33. The lowest BCUT2D eigenvalue weighted by Crippen LogP contribution is -2.61. The molecule has 5 heteroatoms. The minimum absolute atomic E-state index is 0.693. The number of nitrogens with one attached hydrogen (secondary N) is 1. The molecule has 0 atom stereocenters. The minimum Gasteiger partial charge on any atom is -0.481 e. The Morgan fingerprint density at radius 3 is 2.61 bits per heavy atom. The van der Waals surface area contributed by atoms with E-state index in [2.05, 4.69) is 26.2 Å². The zero-order valence-electron chi connectivity index (χ0n) is 10.8. The standard InChI is InChI=1S/C13H20N4O/c1-18-13-4-2-3-12(15-13)17-7-5-16(6-8-17)11-9-14-10-11/h2-4,11,14H,5-10H2,1H3. The van der Waals surface area contributed by atoms with Gasteiger partial charge in [0.25, 0.3) is 0 Å². The van der Waals surface area contributed by atoms with Gasteiger partial charge in [0.05, 0.1) is 7.11 Å². The zero-order valence-corrected chi connectivity index (χ0v) is 10.8. The second kappa shape index (κ2) is 5.12. The predicted octanol–water partition coefficient (Wildman–Crippen LogP) is 0.184. The average Bonchev–Trinajstić information content (AvgIpc) is 2.38. The number of methoxy groups -OCH3 is 1. The number of ether oxygens (including phenoxy) is 1. The van der Waals surface area contributed by atoms with Gasteiger partial charge in [-0.3, -0.25) is 4.90 Å². The molecule has 2 fully saturated rings. The number of piperazine rings is 1. The van der Waals surface area contributed by atoms with Crippen LogP contribution in [0.1, 0.15) is 0 Å². The molecule has 3 rings (SSSR count). The normalized spacial score (nSPS) is 21.7. The summed E-state index contributed by atoms with van der Waals surface area (Å²) >= 11 is 0. The molecule has 0 amide bonds. The first-order valence-corrected chi connectivity index (χ1v) is 6.57. The molecule has 1 aromatic heterocycles. The Morgan fingerprint density at radius 1 is 1.22 bits per heavy atom. The van der Waals surface area contributed by atoms with E-state index in [0.717, 1.165) is 51.1 Å². The topological polar surface area (TPSA) is 40.6 Å². The lowest BCUT2D eigenvalue weighted by molar-refractivity contribution is 0.137. The Bertz CT molecular complexity index is 400. The highest BCUT2D eigenvalue weighted by Crippen LogP contribution is 2.18. The van der Waals surface area contributed by atoms with Crippen LogP contribution < -0.4 is 15.0 Å². The van der Waals surface area contributed by atoms with Gasteiger partial charge in [0.15, 0.2) is 0 Å². The molecule has 98 valence electrons. The fourth-order valence-electron chi connectivity index (χ4n) is 2.54. The van der Waals surface area contributed by atoms with Crippen LogP contribution in [0.25, 0.3) is 0 Å². The lowest BCUT2D eigenvalue weighted by Gasteiger charge is -2.43. The van der Waals surface area contributed by atoms with Crippen molar-refractivity contribution >= 4 is 5.82 Å². The summed E-state index contributed by atoms with van der Waals surface area (Å²) in [6.45, 7) is 6.67. The Kier molecular flexibility index (Phi) is 3.34. The molecule has 5 nitrogen and oxygen atoms in total. The molecule has 1 aromatic rings. The highest BCUT2D eigenvalue weighted by Gasteiger charge is 2.27. The third-order valence-electron chi connectivity index (χ3n) is 3.83. The summed E-state index contributed by atoms with van der Waals surface area (Å²) in [4.78, 5) is 9.41. The molecule has 0 aromatic carbocycles. The highest BCUT2D eigenvalue weighted by molar-refractivity contribution is 5.41. The number of hydrogen-bond acceptors (Lipinski definition) is 5.